The summed E-state index contributed by atoms with van der Waals surface area (Å²) in [5.74, 6) is -0.129. The van der Waals surface area contributed by atoms with Gasteiger partial charge in [0.2, 0.25) is 0 Å². The zero-order chi connectivity index (χ0) is 12.6. The highest BCUT2D eigenvalue weighted by Crippen LogP contribution is 2.30. The molecule has 0 aliphatic carbocycles. The van der Waals surface area contributed by atoms with Crippen LogP contribution in [-0.4, -0.2) is 0 Å². The molecule has 2 aromatic rings. The highest BCUT2D eigenvalue weighted by Gasteiger charge is 2.11. The van der Waals surface area contributed by atoms with Crippen LogP contribution in [0.1, 0.15) is 22.3 Å². The van der Waals surface area contributed by atoms with E-state index in [1.165, 1.54) is 0 Å². The molecule has 0 heterocycles. The van der Waals surface area contributed by atoms with Crippen LogP contribution in [0.4, 0.5) is 4.39 Å². The van der Waals surface area contributed by atoms with Crippen LogP contribution >= 0.6 is 0 Å². The van der Waals surface area contributed by atoms with Crippen LogP contribution in [0.15, 0.2) is 30.3 Å². The van der Waals surface area contributed by atoms with Gasteiger partial charge >= 0.3 is 0 Å². The van der Waals surface area contributed by atoms with Crippen molar-refractivity contribution in [3.05, 3.63) is 58.4 Å². The van der Waals surface area contributed by atoms with Crippen LogP contribution in [0.25, 0.3) is 11.1 Å². The largest absolute Gasteiger partial charge is 0.206 e. The summed E-state index contributed by atoms with van der Waals surface area (Å²) in [4.78, 5) is 0. The molecule has 1 heteroatoms. The fraction of sp³-hybridized carbons (Fsp3) is 0.250. The van der Waals surface area contributed by atoms with Gasteiger partial charge in [0.1, 0.15) is 5.82 Å². The number of aryl methyl sites for hydroxylation is 4. The SMILES string of the molecule is Cc1cc(C)c(-c2cc(C)ccc2C)c(F)c1. The fourth-order valence-corrected chi connectivity index (χ4v) is 2.26. The van der Waals surface area contributed by atoms with Crippen molar-refractivity contribution in [1.82, 2.24) is 0 Å². The first-order valence-corrected chi connectivity index (χ1v) is 5.83. The Labute approximate surface area is 102 Å². The van der Waals surface area contributed by atoms with Crippen molar-refractivity contribution in [1.29, 1.82) is 0 Å². The van der Waals surface area contributed by atoms with E-state index in [9.17, 15) is 4.39 Å². The van der Waals surface area contributed by atoms with Crippen LogP contribution in [0.3, 0.4) is 0 Å². The lowest BCUT2D eigenvalue weighted by Crippen LogP contribution is -1.93. The van der Waals surface area contributed by atoms with E-state index in [2.05, 4.69) is 12.1 Å². The van der Waals surface area contributed by atoms with Crippen molar-refractivity contribution < 1.29 is 4.39 Å². The predicted octanol–water partition coefficient (Wildman–Crippen LogP) is 4.73. The number of benzene rings is 2. The van der Waals surface area contributed by atoms with Gasteiger partial charge in [-0.25, -0.2) is 4.39 Å². The maximum absolute atomic E-state index is 14.1. The monoisotopic (exact) mass is 228 g/mol. The lowest BCUT2D eigenvalue weighted by atomic mass is 9.93. The Bertz CT molecular complexity index is 545. The number of halogens is 1. The molecule has 0 amide bonds. The van der Waals surface area contributed by atoms with Crippen LogP contribution < -0.4 is 0 Å². The molecule has 0 fully saturated rings. The molecule has 2 rings (SSSR count). The molecule has 0 nitrogen and oxygen atoms in total. The number of hydrogen-bond donors (Lipinski definition) is 0. The standard InChI is InChI=1S/C16H17F/c1-10-5-6-12(3)14(8-10)16-13(4)7-11(2)9-15(16)17/h5-9H,1-4H3. The molecular weight excluding hydrogens is 211 g/mol. The highest BCUT2D eigenvalue weighted by molar-refractivity contribution is 5.72. The second-order valence-corrected chi connectivity index (χ2v) is 4.76. The van der Waals surface area contributed by atoms with E-state index in [1.807, 2.05) is 39.8 Å². The van der Waals surface area contributed by atoms with E-state index in [-0.39, 0.29) is 5.82 Å². The maximum atomic E-state index is 14.1. The summed E-state index contributed by atoms with van der Waals surface area (Å²) >= 11 is 0. The third kappa shape index (κ3) is 2.23. The number of rotatable bonds is 1. The van der Waals surface area contributed by atoms with E-state index >= 15 is 0 Å². The highest BCUT2D eigenvalue weighted by atomic mass is 19.1. The van der Waals surface area contributed by atoms with Crippen molar-refractivity contribution in [3.63, 3.8) is 0 Å². The first-order valence-electron chi connectivity index (χ1n) is 5.83. The molecular formula is C16H17F. The van der Waals surface area contributed by atoms with Gasteiger partial charge in [-0.2, -0.15) is 0 Å². The van der Waals surface area contributed by atoms with Crippen molar-refractivity contribution in [2.45, 2.75) is 27.7 Å². The quantitative estimate of drug-likeness (QED) is 0.662. The average molecular weight is 228 g/mol. The number of hydrogen-bond acceptors (Lipinski definition) is 0. The Morgan fingerprint density at radius 1 is 0.765 bits per heavy atom. The topological polar surface area (TPSA) is 0 Å². The molecule has 0 aromatic heterocycles. The third-order valence-corrected chi connectivity index (χ3v) is 3.09. The van der Waals surface area contributed by atoms with E-state index < -0.39 is 0 Å². The second kappa shape index (κ2) is 4.33. The van der Waals surface area contributed by atoms with E-state index in [0.717, 1.165) is 33.4 Å². The molecule has 2 aromatic carbocycles. The molecule has 0 saturated heterocycles. The molecule has 0 aliphatic heterocycles. The molecule has 0 radical (unpaired) electrons. The van der Waals surface area contributed by atoms with Gasteiger partial charge in [0.05, 0.1) is 0 Å². The second-order valence-electron chi connectivity index (χ2n) is 4.76. The Morgan fingerprint density at radius 3 is 2.12 bits per heavy atom. The van der Waals surface area contributed by atoms with Gasteiger partial charge < -0.3 is 0 Å². The van der Waals surface area contributed by atoms with Gasteiger partial charge in [-0.05, 0) is 56.0 Å². The van der Waals surface area contributed by atoms with E-state index in [0.29, 0.717) is 0 Å². The lowest BCUT2D eigenvalue weighted by Gasteiger charge is -2.12. The van der Waals surface area contributed by atoms with Crippen LogP contribution in [0.5, 0.6) is 0 Å². The normalized spacial score (nSPS) is 10.6. The molecule has 17 heavy (non-hydrogen) atoms. The Balaban J connectivity index is 2.72. The van der Waals surface area contributed by atoms with Gasteiger partial charge in [-0.3, -0.25) is 0 Å². The van der Waals surface area contributed by atoms with Crippen LogP contribution in [0.2, 0.25) is 0 Å². The van der Waals surface area contributed by atoms with Gasteiger partial charge in [0, 0.05) is 5.56 Å². The minimum absolute atomic E-state index is 0.129. The van der Waals surface area contributed by atoms with E-state index in [1.54, 1.807) is 6.07 Å². The Hall–Kier alpha value is -1.63. The molecule has 0 bridgehead atoms. The molecule has 88 valence electrons. The van der Waals surface area contributed by atoms with Crippen molar-refractivity contribution >= 4 is 0 Å². The Kier molecular flexibility index (Phi) is 3.01. The maximum Gasteiger partial charge on any atom is 0.131 e. The summed E-state index contributed by atoms with van der Waals surface area (Å²) in [6.07, 6.45) is 0. The zero-order valence-electron chi connectivity index (χ0n) is 10.8. The van der Waals surface area contributed by atoms with Gasteiger partial charge in [-0.1, -0.05) is 29.8 Å². The first-order chi connectivity index (χ1) is 7.99. The summed E-state index contributed by atoms with van der Waals surface area (Å²) in [6, 6.07) is 9.78. The van der Waals surface area contributed by atoms with Gasteiger partial charge in [0.15, 0.2) is 0 Å². The lowest BCUT2D eigenvalue weighted by molar-refractivity contribution is 0.629. The smallest absolute Gasteiger partial charge is 0.131 e. The molecule has 0 N–H and O–H groups in total. The van der Waals surface area contributed by atoms with Crippen LogP contribution in [0, 0.1) is 33.5 Å². The Morgan fingerprint density at radius 2 is 1.47 bits per heavy atom. The molecule has 0 spiro atoms. The third-order valence-electron chi connectivity index (χ3n) is 3.09. The predicted molar refractivity (Wildman–Crippen MR) is 70.8 cm³/mol. The summed E-state index contributed by atoms with van der Waals surface area (Å²) in [7, 11) is 0. The van der Waals surface area contributed by atoms with E-state index in [4.69, 9.17) is 0 Å². The van der Waals surface area contributed by atoms with Gasteiger partial charge in [-0.15, -0.1) is 0 Å². The van der Waals surface area contributed by atoms with Crippen LogP contribution in [-0.2, 0) is 0 Å². The summed E-state index contributed by atoms with van der Waals surface area (Å²) in [6.45, 7) is 7.94. The fourth-order valence-electron chi connectivity index (χ4n) is 2.26. The molecule has 0 atom stereocenters. The van der Waals surface area contributed by atoms with Crippen molar-refractivity contribution in [2.75, 3.05) is 0 Å². The average Bonchev–Trinajstić information content (AvgIpc) is 2.21. The summed E-state index contributed by atoms with van der Waals surface area (Å²) < 4.78 is 14.1. The molecule has 0 aliphatic rings. The molecule has 0 saturated carbocycles. The first kappa shape index (κ1) is 11.8. The summed E-state index contributed by atoms with van der Waals surface area (Å²) in [5, 5.41) is 0. The van der Waals surface area contributed by atoms with Gasteiger partial charge in [0.25, 0.3) is 0 Å². The van der Waals surface area contributed by atoms with Crippen molar-refractivity contribution in [3.8, 4) is 11.1 Å². The minimum atomic E-state index is -0.129. The molecule has 0 unspecified atom stereocenters. The zero-order valence-corrected chi connectivity index (χ0v) is 10.8. The van der Waals surface area contributed by atoms with Crippen molar-refractivity contribution in [2.24, 2.45) is 0 Å². The minimum Gasteiger partial charge on any atom is -0.206 e. The summed E-state index contributed by atoms with van der Waals surface area (Å²) in [5.41, 5.74) is 5.97.